The molecule has 0 fully saturated rings. The zero-order valence-electron chi connectivity index (χ0n) is 14.1. The Bertz CT molecular complexity index is 477. The molecule has 0 saturated carbocycles. The molecule has 118 valence electrons. The molecule has 6 heteroatoms. The molecule has 0 atom stereocenters. The van der Waals surface area contributed by atoms with Crippen LogP contribution >= 0.6 is 0 Å². The summed E-state index contributed by atoms with van der Waals surface area (Å²) in [4.78, 5) is 0. The molecule has 0 unspecified atom stereocenters. The SMILES string of the molecule is CC(C)O[B-](OC(C)C)(OC(C)C)c1ccc(C#N)n1C. The van der Waals surface area contributed by atoms with Crippen molar-refractivity contribution in [1.29, 1.82) is 5.26 Å². The van der Waals surface area contributed by atoms with Crippen LogP contribution in [0, 0.1) is 11.3 Å². The summed E-state index contributed by atoms with van der Waals surface area (Å²) in [6, 6.07) is 5.75. The van der Waals surface area contributed by atoms with E-state index in [-0.39, 0.29) is 18.3 Å². The highest BCUT2D eigenvalue weighted by Crippen LogP contribution is 2.19. The van der Waals surface area contributed by atoms with Gasteiger partial charge in [-0.3, -0.25) is 0 Å². The molecule has 0 N–H and O–H groups in total. The number of hydrogen-bond acceptors (Lipinski definition) is 4. The Labute approximate surface area is 127 Å². The molecule has 1 aromatic rings. The van der Waals surface area contributed by atoms with Gasteiger partial charge in [0.15, 0.2) is 0 Å². The maximum Gasteiger partial charge on any atom is 0.426 e. The number of nitrogens with zero attached hydrogens (tertiary/aromatic N) is 2. The normalized spacial score (nSPS) is 12.4. The summed E-state index contributed by atoms with van der Waals surface area (Å²) in [6.45, 7) is 9.54. The van der Waals surface area contributed by atoms with Gasteiger partial charge < -0.3 is 18.5 Å². The molecule has 0 amide bonds. The Kier molecular flexibility index (Phi) is 6.03. The second-order valence-electron chi connectivity index (χ2n) is 6.01. The Hall–Kier alpha value is -1.29. The zero-order valence-corrected chi connectivity index (χ0v) is 14.1. The van der Waals surface area contributed by atoms with Crippen LogP contribution in [0.3, 0.4) is 0 Å². The highest BCUT2D eigenvalue weighted by Gasteiger charge is 2.37. The van der Waals surface area contributed by atoms with Crippen LogP contribution < -0.4 is 5.59 Å². The fraction of sp³-hybridized carbons (Fsp3) is 0.667. The average Bonchev–Trinajstić information content (AvgIpc) is 2.67. The monoisotopic (exact) mass is 293 g/mol. The van der Waals surface area contributed by atoms with Crippen LogP contribution in [-0.4, -0.2) is 29.6 Å². The van der Waals surface area contributed by atoms with E-state index in [0.29, 0.717) is 5.69 Å². The summed E-state index contributed by atoms with van der Waals surface area (Å²) in [5.74, 6) is 0. The Morgan fingerprint density at radius 2 is 1.38 bits per heavy atom. The van der Waals surface area contributed by atoms with Gasteiger partial charge in [0, 0.05) is 25.4 Å². The van der Waals surface area contributed by atoms with E-state index in [9.17, 15) is 0 Å². The van der Waals surface area contributed by atoms with E-state index >= 15 is 0 Å². The van der Waals surface area contributed by atoms with Crippen LogP contribution in [0.4, 0.5) is 0 Å². The van der Waals surface area contributed by atoms with Crippen LogP contribution in [0.15, 0.2) is 12.1 Å². The second kappa shape index (κ2) is 7.12. The predicted octanol–water partition coefficient (Wildman–Crippen LogP) is 2.32. The third-order valence-electron chi connectivity index (χ3n) is 2.99. The molecule has 0 bridgehead atoms. The topological polar surface area (TPSA) is 56.4 Å². The Morgan fingerprint density at radius 1 is 0.952 bits per heavy atom. The van der Waals surface area contributed by atoms with Gasteiger partial charge in [-0.15, -0.1) is 0 Å². The van der Waals surface area contributed by atoms with Crippen molar-refractivity contribution < 1.29 is 14.0 Å². The lowest BCUT2D eigenvalue weighted by atomic mass is 9.72. The highest BCUT2D eigenvalue weighted by molar-refractivity contribution is 6.74. The third-order valence-corrected chi connectivity index (χ3v) is 2.99. The maximum atomic E-state index is 9.16. The molecule has 1 aromatic heterocycles. The molecule has 1 heterocycles. The quantitative estimate of drug-likeness (QED) is 0.724. The fourth-order valence-electron chi connectivity index (χ4n) is 2.37. The van der Waals surface area contributed by atoms with Crippen LogP contribution in [-0.2, 0) is 21.0 Å². The molecule has 0 aliphatic carbocycles. The fourth-order valence-corrected chi connectivity index (χ4v) is 2.37. The van der Waals surface area contributed by atoms with Gasteiger partial charge in [0.05, 0.1) is 0 Å². The van der Waals surface area contributed by atoms with E-state index in [1.807, 2.05) is 54.7 Å². The first-order valence-corrected chi connectivity index (χ1v) is 7.45. The molecule has 0 aliphatic heterocycles. The number of aromatic nitrogens is 1. The van der Waals surface area contributed by atoms with E-state index in [1.165, 1.54) is 0 Å². The van der Waals surface area contributed by atoms with Crippen LogP contribution in [0.5, 0.6) is 0 Å². The molecule has 0 saturated heterocycles. The minimum atomic E-state index is -2.12. The van der Waals surface area contributed by atoms with Crippen molar-refractivity contribution in [3.8, 4) is 6.07 Å². The molecule has 21 heavy (non-hydrogen) atoms. The van der Waals surface area contributed by atoms with E-state index in [2.05, 4.69) is 6.07 Å². The standard InChI is InChI=1S/C15H26BN2O3/c1-11(2)19-16(20-12(3)4,21-13(5)6)15-9-8-14(10-17)18(15)7/h8-9,11-13H,1-7H3/q-1. The Balaban J connectivity index is 3.37. The van der Waals surface area contributed by atoms with Crippen LogP contribution in [0.1, 0.15) is 47.2 Å². The summed E-state index contributed by atoms with van der Waals surface area (Å²) in [5, 5.41) is 9.16. The van der Waals surface area contributed by atoms with Crippen LogP contribution in [0.25, 0.3) is 0 Å². The van der Waals surface area contributed by atoms with Gasteiger partial charge in [0.25, 0.3) is 0 Å². The van der Waals surface area contributed by atoms with Crippen molar-refractivity contribution in [2.75, 3.05) is 0 Å². The summed E-state index contributed by atoms with van der Waals surface area (Å²) in [7, 11) is 1.82. The highest BCUT2D eigenvalue weighted by atomic mass is 16.8. The molecule has 5 nitrogen and oxygen atoms in total. The van der Waals surface area contributed by atoms with Crippen molar-refractivity contribution >= 4 is 12.3 Å². The van der Waals surface area contributed by atoms with Crippen molar-refractivity contribution in [2.24, 2.45) is 7.05 Å². The Morgan fingerprint density at radius 3 is 1.67 bits per heavy atom. The van der Waals surface area contributed by atoms with Gasteiger partial charge in [-0.1, -0.05) is 11.7 Å². The minimum Gasteiger partial charge on any atom is -0.538 e. The van der Waals surface area contributed by atoms with Gasteiger partial charge in [-0.25, -0.2) is 0 Å². The largest absolute Gasteiger partial charge is 0.538 e. The zero-order chi connectivity index (χ0) is 16.2. The van der Waals surface area contributed by atoms with E-state index < -0.39 is 6.75 Å². The second-order valence-corrected chi connectivity index (χ2v) is 6.01. The molecule has 0 aromatic carbocycles. The van der Waals surface area contributed by atoms with Crippen molar-refractivity contribution in [2.45, 2.75) is 59.9 Å². The molecule has 0 radical (unpaired) electrons. The number of hydrogen-bond donors (Lipinski definition) is 0. The van der Waals surface area contributed by atoms with Gasteiger partial charge in [0.1, 0.15) is 11.8 Å². The first-order chi connectivity index (χ1) is 9.71. The molecule has 0 spiro atoms. The summed E-state index contributed by atoms with van der Waals surface area (Å²) in [5.41, 5.74) is 1.28. The molecular weight excluding hydrogens is 267 g/mol. The summed E-state index contributed by atoms with van der Waals surface area (Å²) in [6.07, 6.45) is -0.200. The average molecular weight is 293 g/mol. The maximum absolute atomic E-state index is 9.16. The summed E-state index contributed by atoms with van der Waals surface area (Å²) < 4.78 is 20.0. The van der Waals surface area contributed by atoms with E-state index in [0.717, 1.165) is 5.59 Å². The lowest BCUT2D eigenvalue weighted by Crippen LogP contribution is -2.62. The van der Waals surface area contributed by atoms with E-state index in [4.69, 9.17) is 19.2 Å². The van der Waals surface area contributed by atoms with Crippen molar-refractivity contribution in [3.63, 3.8) is 0 Å². The predicted molar refractivity (Wildman–Crippen MR) is 84.2 cm³/mol. The lowest BCUT2D eigenvalue weighted by molar-refractivity contribution is 0.0142. The van der Waals surface area contributed by atoms with Crippen molar-refractivity contribution in [1.82, 2.24) is 4.57 Å². The molecular formula is C15H26BN2O3-. The smallest absolute Gasteiger partial charge is 0.426 e. The van der Waals surface area contributed by atoms with Gasteiger partial charge in [0.2, 0.25) is 0 Å². The summed E-state index contributed by atoms with van der Waals surface area (Å²) >= 11 is 0. The number of nitriles is 1. The number of rotatable bonds is 7. The molecule has 1 rings (SSSR count). The van der Waals surface area contributed by atoms with Gasteiger partial charge >= 0.3 is 6.75 Å². The molecule has 0 aliphatic rings. The van der Waals surface area contributed by atoms with E-state index in [1.54, 1.807) is 10.6 Å². The lowest BCUT2D eigenvalue weighted by Gasteiger charge is -2.46. The van der Waals surface area contributed by atoms with Gasteiger partial charge in [-0.05, 0) is 47.6 Å². The first kappa shape index (κ1) is 17.8. The third kappa shape index (κ3) is 4.34. The van der Waals surface area contributed by atoms with Gasteiger partial charge in [-0.2, -0.15) is 5.26 Å². The van der Waals surface area contributed by atoms with Crippen molar-refractivity contribution in [3.05, 3.63) is 17.8 Å². The minimum absolute atomic E-state index is 0.0667. The first-order valence-electron chi connectivity index (χ1n) is 7.45. The van der Waals surface area contributed by atoms with Crippen LogP contribution in [0.2, 0.25) is 0 Å².